The summed E-state index contributed by atoms with van der Waals surface area (Å²) in [6.07, 6.45) is 1.16. The lowest BCUT2D eigenvalue weighted by atomic mass is 9.93. The van der Waals surface area contributed by atoms with E-state index in [2.05, 4.69) is 34.5 Å². The predicted octanol–water partition coefficient (Wildman–Crippen LogP) is 0.470. The second-order valence-corrected chi connectivity index (χ2v) is 5.24. The van der Waals surface area contributed by atoms with Crippen LogP contribution in [-0.2, 0) is 0 Å². The van der Waals surface area contributed by atoms with Gasteiger partial charge in [-0.05, 0) is 6.07 Å². The van der Waals surface area contributed by atoms with Crippen molar-refractivity contribution in [1.82, 2.24) is 10.3 Å². The normalized spacial score (nSPS) is 17.3. The Morgan fingerprint density at radius 3 is 2.84 bits per heavy atom. The van der Waals surface area contributed by atoms with Crippen LogP contribution in [-0.4, -0.2) is 35.1 Å². The average Bonchev–Trinajstić information content (AvgIpc) is 2.34. The molecule has 0 spiro atoms. The second kappa shape index (κ2) is 4.75. The zero-order valence-electron chi connectivity index (χ0n) is 10.8. The number of carboxylic acids is 1. The van der Waals surface area contributed by atoms with Gasteiger partial charge in [-0.2, -0.15) is 0 Å². The topological polar surface area (TPSA) is 107 Å². The van der Waals surface area contributed by atoms with E-state index in [4.69, 9.17) is 5.11 Å². The van der Waals surface area contributed by atoms with Crippen molar-refractivity contribution in [2.75, 3.05) is 18.4 Å². The van der Waals surface area contributed by atoms with Crippen molar-refractivity contribution in [3.63, 3.8) is 0 Å². The van der Waals surface area contributed by atoms with E-state index in [0.717, 1.165) is 12.7 Å². The maximum atomic E-state index is 11.6. The third kappa shape index (κ3) is 3.12. The van der Waals surface area contributed by atoms with Gasteiger partial charge < -0.3 is 20.7 Å². The standard InChI is InChI=1S/C12H16N4O3/c1-12(2)5-14-11(15-6-12)16-8-3-7(10(18)19)4-13-9(8)17/h3-4H,5-6H2,1-2H3,(H,13,17)(H,18,19)(H2,14,15,16). The van der Waals surface area contributed by atoms with E-state index in [0.29, 0.717) is 12.5 Å². The van der Waals surface area contributed by atoms with E-state index in [1.54, 1.807) is 0 Å². The molecule has 7 heteroatoms. The van der Waals surface area contributed by atoms with Gasteiger partial charge in [-0.3, -0.25) is 9.79 Å². The first kappa shape index (κ1) is 13.1. The summed E-state index contributed by atoms with van der Waals surface area (Å²) < 4.78 is 0. The summed E-state index contributed by atoms with van der Waals surface area (Å²) in [5, 5.41) is 14.8. The third-order valence-corrected chi connectivity index (χ3v) is 2.80. The second-order valence-electron chi connectivity index (χ2n) is 5.24. The number of aromatic nitrogens is 1. The van der Waals surface area contributed by atoms with Crippen molar-refractivity contribution in [3.8, 4) is 0 Å². The van der Waals surface area contributed by atoms with Crippen LogP contribution in [0.1, 0.15) is 24.2 Å². The van der Waals surface area contributed by atoms with E-state index in [1.807, 2.05) is 0 Å². The van der Waals surface area contributed by atoms with Gasteiger partial charge in [0.2, 0.25) is 0 Å². The number of anilines is 1. The van der Waals surface area contributed by atoms with Gasteiger partial charge in [0.15, 0.2) is 5.96 Å². The fraction of sp³-hybridized carbons (Fsp3) is 0.417. The Morgan fingerprint density at radius 1 is 1.53 bits per heavy atom. The minimum atomic E-state index is -1.10. The number of pyridine rings is 1. The van der Waals surface area contributed by atoms with Gasteiger partial charge in [0.05, 0.1) is 5.56 Å². The number of aromatic amines is 1. The average molecular weight is 264 g/mol. The molecule has 1 aliphatic rings. The molecular formula is C12H16N4O3. The Balaban J connectivity index is 2.20. The highest BCUT2D eigenvalue weighted by Gasteiger charge is 2.22. The minimum Gasteiger partial charge on any atom is -0.478 e. The number of carboxylic acid groups (broad SMARTS) is 1. The first-order valence-corrected chi connectivity index (χ1v) is 5.89. The van der Waals surface area contributed by atoms with Crippen molar-refractivity contribution < 1.29 is 9.90 Å². The summed E-state index contributed by atoms with van der Waals surface area (Å²) in [4.78, 5) is 29.1. The Kier molecular flexibility index (Phi) is 3.28. The Bertz CT molecular complexity index is 589. The van der Waals surface area contributed by atoms with E-state index in [1.165, 1.54) is 6.07 Å². The summed E-state index contributed by atoms with van der Waals surface area (Å²) in [6, 6.07) is 1.28. The zero-order valence-corrected chi connectivity index (χ0v) is 10.8. The first-order chi connectivity index (χ1) is 8.87. The number of hydrogen-bond donors (Lipinski definition) is 4. The molecule has 0 atom stereocenters. The number of nitrogens with zero attached hydrogens (tertiary/aromatic N) is 1. The zero-order chi connectivity index (χ0) is 14.0. The molecule has 0 unspecified atom stereocenters. The van der Waals surface area contributed by atoms with Crippen molar-refractivity contribution in [1.29, 1.82) is 0 Å². The van der Waals surface area contributed by atoms with Gasteiger partial charge >= 0.3 is 5.97 Å². The number of aromatic carboxylic acids is 1. The molecule has 2 heterocycles. The lowest BCUT2D eigenvalue weighted by molar-refractivity contribution is 0.0696. The smallest absolute Gasteiger partial charge is 0.337 e. The molecule has 0 radical (unpaired) electrons. The number of carbonyl (C=O) groups is 1. The van der Waals surface area contributed by atoms with E-state index in [9.17, 15) is 9.59 Å². The highest BCUT2D eigenvalue weighted by molar-refractivity contribution is 5.95. The molecular weight excluding hydrogens is 248 g/mol. The number of aliphatic imine (C=N–C) groups is 1. The number of rotatable bonds is 2. The van der Waals surface area contributed by atoms with Crippen LogP contribution in [0.15, 0.2) is 22.1 Å². The molecule has 19 heavy (non-hydrogen) atoms. The Morgan fingerprint density at radius 2 is 2.26 bits per heavy atom. The Labute approximate surface area is 109 Å². The highest BCUT2D eigenvalue weighted by Crippen LogP contribution is 2.16. The van der Waals surface area contributed by atoms with Crippen LogP contribution in [0, 0.1) is 5.41 Å². The highest BCUT2D eigenvalue weighted by atomic mass is 16.4. The molecule has 2 rings (SSSR count). The molecule has 102 valence electrons. The van der Waals surface area contributed by atoms with Gasteiger partial charge in [0.1, 0.15) is 5.69 Å². The predicted molar refractivity (Wildman–Crippen MR) is 71.7 cm³/mol. The van der Waals surface area contributed by atoms with Crippen molar-refractivity contribution in [3.05, 3.63) is 28.2 Å². The first-order valence-electron chi connectivity index (χ1n) is 5.89. The van der Waals surface area contributed by atoms with Crippen LogP contribution in [0.4, 0.5) is 5.69 Å². The summed E-state index contributed by atoms with van der Waals surface area (Å²) in [5.74, 6) is -0.619. The molecule has 0 saturated heterocycles. The van der Waals surface area contributed by atoms with Crippen molar-refractivity contribution in [2.45, 2.75) is 13.8 Å². The molecule has 1 aromatic heterocycles. The fourth-order valence-electron chi connectivity index (χ4n) is 1.64. The minimum absolute atomic E-state index is 0.0128. The maximum absolute atomic E-state index is 11.6. The molecule has 0 aromatic carbocycles. The molecule has 7 nitrogen and oxygen atoms in total. The molecule has 0 aliphatic carbocycles. The van der Waals surface area contributed by atoms with Gasteiger partial charge in [-0.25, -0.2) is 4.79 Å². The van der Waals surface area contributed by atoms with Crippen LogP contribution in [0.5, 0.6) is 0 Å². The molecule has 0 amide bonds. The molecule has 0 saturated carbocycles. The van der Waals surface area contributed by atoms with E-state index >= 15 is 0 Å². The number of hydrogen-bond acceptors (Lipinski definition) is 5. The fourth-order valence-corrected chi connectivity index (χ4v) is 1.64. The van der Waals surface area contributed by atoms with Crippen LogP contribution < -0.4 is 16.2 Å². The van der Waals surface area contributed by atoms with E-state index in [-0.39, 0.29) is 22.2 Å². The van der Waals surface area contributed by atoms with Crippen molar-refractivity contribution in [2.24, 2.45) is 10.4 Å². The molecule has 0 fully saturated rings. The largest absolute Gasteiger partial charge is 0.478 e. The molecule has 1 aliphatic heterocycles. The van der Waals surface area contributed by atoms with Gasteiger partial charge in [0.25, 0.3) is 5.56 Å². The van der Waals surface area contributed by atoms with Crippen LogP contribution in [0.25, 0.3) is 0 Å². The quantitative estimate of drug-likeness (QED) is 0.621. The summed E-state index contributed by atoms with van der Waals surface area (Å²) >= 11 is 0. The number of guanidine groups is 1. The lowest BCUT2D eigenvalue weighted by Gasteiger charge is -2.29. The van der Waals surface area contributed by atoms with Crippen LogP contribution >= 0.6 is 0 Å². The molecule has 0 bridgehead atoms. The monoisotopic (exact) mass is 264 g/mol. The van der Waals surface area contributed by atoms with E-state index < -0.39 is 5.97 Å². The van der Waals surface area contributed by atoms with Gasteiger partial charge in [0, 0.05) is 24.7 Å². The lowest BCUT2D eigenvalue weighted by Crippen LogP contribution is -2.44. The van der Waals surface area contributed by atoms with Crippen LogP contribution in [0.2, 0.25) is 0 Å². The van der Waals surface area contributed by atoms with Crippen molar-refractivity contribution >= 4 is 17.6 Å². The molecule has 1 aromatic rings. The summed E-state index contributed by atoms with van der Waals surface area (Å²) in [7, 11) is 0. The Hall–Kier alpha value is -2.31. The van der Waals surface area contributed by atoms with Gasteiger partial charge in [-0.1, -0.05) is 13.8 Å². The summed E-state index contributed by atoms with van der Waals surface area (Å²) in [6.45, 7) is 5.53. The number of H-pyrrole nitrogens is 1. The third-order valence-electron chi connectivity index (χ3n) is 2.80. The summed E-state index contributed by atoms with van der Waals surface area (Å²) in [5.41, 5.74) is -0.149. The maximum Gasteiger partial charge on any atom is 0.337 e. The number of nitrogens with one attached hydrogen (secondary N) is 3. The van der Waals surface area contributed by atoms with Crippen LogP contribution in [0.3, 0.4) is 0 Å². The SMILES string of the molecule is CC1(C)CN=C(Nc2cc(C(=O)O)c[nH]c2=O)NC1. The molecule has 4 N–H and O–H groups in total. The van der Waals surface area contributed by atoms with Gasteiger partial charge in [-0.15, -0.1) is 0 Å².